The molecule has 136 valence electrons. The summed E-state index contributed by atoms with van der Waals surface area (Å²) in [5.41, 5.74) is 1.10. The van der Waals surface area contributed by atoms with Crippen molar-refractivity contribution in [3.8, 4) is 0 Å². The smallest absolute Gasteiger partial charge is 0.253 e. The van der Waals surface area contributed by atoms with Crippen LogP contribution >= 0.6 is 34.8 Å². The van der Waals surface area contributed by atoms with Gasteiger partial charge in [-0.15, -0.1) is 0 Å². The Labute approximate surface area is 167 Å². The highest BCUT2D eigenvalue weighted by Crippen LogP contribution is 2.30. The van der Waals surface area contributed by atoms with E-state index in [4.69, 9.17) is 34.8 Å². The molecule has 2 aromatic rings. The number of rotatable bonds is 3. The van der Waals surface area contributed by atoms with E-state index in [1.165, 1.54) is 0 Å². The van der Waals surface area contributed by atoms with Crippen LogP contribution in [0.4, 0.5) is 5.69 Å². The van der Waals surface area contributed by atoms with Crippen LogP contribution in [0.2, 0.25) is 15.1 Å². The van der Waals surface area contributed by atoms with Crippen LogP contribution in [0.1, 0.15) is 23.2 Å². The minimum Gasteiger partial charge on any atom is -0.339 e. The summed E-state index contributed by atoms with van der Waals surface area (Å²) in [6.45, 7) is 1.06. The van der Waals surface area contributed by atoms with Gasteiger partial charge in [0.25, 0.3) is 5.91 Å². The van der Waals surface area contributed by atoms with Crippen molar-refractivity contribution in [2.45, 2.75) is 12.8 Å². The van der Waals surface area contributed by atoms with E-state index in [2.05, 4.69) is 5.32 Å². The summed E-state index contributed by atoms with van der Waals surface area (Å²) >= 11 is 17.9. The maximum Gasteiger partial charge on any atom is 0.253 e. The number of hydrogen-bond donors (Lipinski definition) is 1. The monoisotopic (exact) mass is 410 g/mol. The molecule has 0 saturated carbocycles. The maximum absolute atomic E-state index is 12.5. The van der Waals surface area contributed by atoms with Gasteiger partial charge in [-0.25, -0.2) is 0 Å². The van der Waals surface area contributed by atoms with Crippen LogP contribution < -0.4 is 5.32 Å². The maximum atomic E-state index is 12.5. The molecule has 0 spiro atoms. The number of benzene rings is 2. The third-order valence-electron chi connectivity index (χ3n) is 4.45. The average Bonchev–Trinajstić information content (AvgIpc) is 2.65. The first-order chi connectivity index (χ1) is 12.5. The molecular weight excluding hydrogens is 395 g/mol. The van der Waals surface area contributed by atoms with E-state index in [-0.39, 0.29) is 17.7 Å². The summed E-state index contributed by atoms with van der Waals surface area (Å²) < 4.78 is 0. The normalized spacial score (nSPS) is 15.0. The predicted molar refractivity (Wildman–Crippen MR) is 105 cm³/mol. The predicted octanol–water partition coefficient (Wildman–Crippen LogP) is 5.14. The summed E-state index contributed by atoms with van der Waals surface area (Å²) in [6.07, 6.45) is 1.20. The quantitative estimate of drug-likeness (QED) is 0.760. The van der Waals surface area contributed by atoms with E-state index in [1.807, 2.05) is 0 Å². The first kappa shape index (κ1) is 19.0. The van der Waals surface area contributed by atoms with Crippen molar-refractivity contribution in [3.63, 3.8) is 0 Å². The highest BCUT2D eigenvalue weighted by atomic mass is 35.5. The third-order valence-corrected chi connectivity index (χ3v) is 5.52. The summed E-state index contributed by atoms with van der Waals surface area (Å²) in [4.78, 5) is 26.8. The minimum absolute atomic E-state index is 0.0431. The van der Waals surface area contributed by atoms with Crippen molar-refractivity contribution in [1.82, 2.24) is 4.90 Å². The number of hydrogen-bond acceptors (Lipinski definition) is 2. The van der Waals surface area contributed by atoms with Gasteiger partial charge in [0.1, 0.15) is 0 Å². The molecule has 1 aliphatic rings. The number of carbonyl (C=O) groups is 2. The fraction of sp³-hybridized carbons (Fsp3) is 0.263. The van der Waals surface area contributed by atoms with Gasteiger partial charge in [-0.05, 0) is 49.2 Å². The number of carbonyl (C=O) groups excluding carboxylic acids is 2. The molecule has 1 aliphatic heterocycles. The van der Waals surface area contributed by atoms with Crippen LogP contribution in [0.25, 0.3) is 0 Å². The molecule has 4 nitrogen and oxygen atoms in total. The third kappa shape index (κ3) is 4.32. The molecular formula is C19H17Cl3N2O2. The molecule has 1 fully saturated rings. The highest BCUT2D eigenvalue weighted by Gasteiger charge is 2.28. The van der Waals surface area contributed by atoms with Crippen molar-refractivity contribution < 1.29 is 9.59 Å². The molecule has 26 heavy (non-hydrogen) atoms. The van der Waals surface area contributed by atoms with E-state index in [1.54, 1.807) is 47.4 Å². The van der Waals surface area contributed by atoms with Crippen LogP contribution in [-0.2, 0) is 4.79 Å². The van der Waals surface area contributed by atoms with Gasteiger partial charge in [-0.1, -0.05) is 40.9 Å². The van der Waals surface area contributed by atoms with E-state index in [0.717, 1.165) is 0 Å². The van der Waals surface area contributed by atoms with Gasteiger partial charge in [0.2, 0.25) is 5.91 Å². The van der Waals surface area contributed by atoms with Crippen LogP contribution in [0.3, 0.4) is 0 Å². The van der Waals surface area contributed by atoms with Crippen LogP contribution in [0.5, 0.6) is 0 Å². The number of nitrogens with zero attached hydrogens (tertiary/aromatic N) is 1. The molecule has 0 unspecified atom stereocenters. The zero-order chi connectivity index (χ0) is 18.7. The minimum atomic E-state index is -0.167. The molecule has 7 heteroatoms. The summed E-state index contributed by atoms with van der Waals surface area (Å²) in [7, 11) is 0. The molecule has 0 radical (unpaired) electrons. The SMILES string of the molecule is O=C(Nc1cccc(Cl)c1Cl)C1CCN(C(=O)c2ccc(Cl)cc2)CC1. The fourth-order valence-corrected chi connectivity index (χ4v) is 3.43. The lowest BCUT2D eigenvalue weighted by Crippen LogP contribution is -2.41. The van der Waals surface area contributed by atoms with E-state index in [9.17, 15) is 9.59 Å². The molecule has 0 atom stereocenters. The van der Waals surface area contributed by atoms with Crippen LogP contribution in [0.15, 0.2) is 42.5 Å². The van der Waals surface area contributed by atoms with Crippen LogP contribution in [-0.4, -0.2) is 29.8 Å². The molecule has 2 aromatic carbocycles. The number of anilines is 1. The summed E-state index contributed by atoms with van der Waals surface area (Å²) in [6, 6.07) is 11.9. The molecule has 1 N–H and O–H groups in total. The van der Waals surface area contributed by atoms with E-state index >= 15 is 0 Å². The Morgan fingerprint density at radius 3 is 2.27 bits per heavy atom. The summed E-state index contributed by atoms with van der Waals surface area (Å²) in [5, 5.41) is 4.15. The van der Waals surface area contributed by atoms with Crippen molar-refractivity contribution in [1.29, 1.82) is 0 Å². The number of likely N-dealkylation sites (tertiary alicyclic amines) is 1. The molecule has 0 aromatic heterocycles. The Bertz CT molecular complexity index is 816. The lowest BCUT2D eigenvalue weighted by molar-refractivity contribution is -0.121. The largest absolute Gasteiger partial charge is 0.339 e. The van der Waals surface area contributed by atoms with Crippen molar-refractivity contribution >= 4 is 52.3 Å². The zero-order valence-electron chi connectivity index (χ0n) is 13.8. The number of amides is 2. The van der Waals surface area contributed by atoms with E-state index < -0.39 is 0 Å². The van der Waals surface area contributed by atoms with E-state index in [0.29, 0.717) is 52.2 Å². The van der Waals surface area contributed by atoms with Crippen molar-refractivity contribution in [2.75, 3.05) is 18.4 Å². The Kier molecular flexibility index (Phi) is 6.07. The molecule has 1 heterocycles. The topological polar surface area (TPSA) is 49.4 Å². The van der Waals surface area contributed by atoms with Gasteiger partial charge in [-0.3, -0.25) is 9.59 Å². The highest BCUT2D eigenvalue weighted by molar-refractivity contribution is 6.44. The number of nitrogens with one attached hydrogen (secondary N) is 1. The lowest BCUT2D eigenvalue weighted by Gasteiger charge is -2.31. The van der Waals surface area contributed by atoms with Gasteiger partial charge < -0.3 is 10.2 Å². The lowest BCUT2D eigenvalue weighted by atomic mass is 9.95. The van der Waals surface area contributed by atoms with Crippen molar-refractivity contribution in [2.24, 2.45) is 5.92 Å². The standard InChI is InChI=1S/C19H17Cl3N2O2/c20-14-6-4-13(5-7-14)19(26)24-10-8-12(9-11-24)18(25)23-16-3-1-2-15(21)17(16)22/h1-7,12H,8-11H2,(H,23,25). The number of halogens is 3. The molecule has 3 rings (SSSR count). The first-order valence-corrected chi connectivity index (χ1v) is 9.39. The van der Waals surface area contributed by atoms with Gasteiger partial charge in [0, 0.05) is 29.6 Å². The fourth-order valence-electron chi connectivity index (χ4n) is 2.95. The Morgan fingerprint density at radius 1 is 0.962 bits per heavy atom. The van der Waals surface area contributed by atoms with Gasteiger partial charge in [0.15, 0.2) is 0 Å². The van der Waals surface area contributed by atoms with Gasteiger partial charge >= 0.3 is 0 Å². The first-order valence-electron chi connectivity index (χ1n) is 8.25. The van der Waals surface area contributed by atoms with Crippen molar-refractivity contribution in [3.05, 3.63) is 63.1 Å². The van der Waals surface area contributed by atoms with Gasteiger partial charge in [0.05, 0.1) is 15.7 Å². The second-order valence-corrected chi connectivity index (χ2v) is 7.39. The molecule has 0 aliphatic carbocycles. The second-order valence-electron chi connectivity index (χ2n) is 6.16. The number of piperidine rings is 1. The Hall–Kier alpha value is -1.75. The Balaban J connectivity index is 1.57. The van der Waals surface area contributed by atoms with Crippen LogP contribution in [0, 0.1) is 5.92 Å². The zero-order valence-corrected chi connectivity index (χ0v) is 16.1. The molecule has 1 saturated heterocycles. The Morgan fingerprint density at radius 2 is 1.62 bits per heavy atom. The molecule has 2 amide bonds. The molecule has 0 bridgehead atoms. The second kappa shape index (κ2) is 8.30. The average molecular weight is 412 g/mol. The summed E-state index contributed by atoms with van der Waals surface area (Å²) in [5.74, 6) is -0.314. The van der Waals surface area contributed by atoms with Gasteiger partial charge in [-0.2, -0.15) is 0 Å².